The number of hydrogen-bond acceptors (Lipinski definition) is 5. The van der Waals surface area contributed by atoms with Gasteiger partial charge in [0, 0.05) is 11.3 Å². The van der Waals surface area contributed by atoms with Gasteiger partial charge in [-0.15, -0.1) is 0 Å². The molecule has 0 radical (unpaired) electrons. The number of ether oxygens (including phenoxy) is 3. The van der Waals surface area contributed by atoms with Crippen LogP contribution in [0.1, 0.15) is 33.3 Å². The number of carbonyl (C=O) groups excluding carboxylic acids is 1. The maximum absolute atomic E-state index is 12.3. The molecule has 0 aromatic heterocycles. The summed E-state index contributed by atoms with van der Waals surface area (Å²) in [7, 11) is 3.05. The van der Waals surface area contributed by atoms with Crippen molar-refractivity contribution in [2.75, 3.05) is 19.5 Å². The number of aryl methyl sites for hydroxylation is 1. The fraction of sp³-hybridized carbons (Fsp3) is 0.278. The molecular formula is C18H19NO4. The Labute approximate surface area is 135 Å². The number of methoxy groups -OCH3 is 2. The molecule has 1 unspecified atom stereocenters. The molecule has 0 fully saturated rings. The van der Waals surface area contributed by atoms with Crippen LogP contribution in [0.3, 0.4) is 0 Å². The van der Waals surface area contributed by atoms with Crippen LogP contribution in [-0.2, 0) is 4.74 Å². The van der Waals surface area contributed by atoms with Gasteiger partial charge >= 0.3 is 5.97 Å². The minimum atomic E-state index is -0.544. The van der Waals surface area contributed by atoms with Crippen molar-refractivity contribution in [1.29, 1.82) is 0 Å². The van der Waals surface area contributed by atoms with Crippen molar-refractivity contribution >= 4 is 11.7 Å². The summed E-state index contributed by atoms with van der Waals surface area (Å²) in [5.41, 5.74) is 4.39. The van der Waals surface area contributed by atoms with Gasteiger partial charge in [0.2, 0.25) is 6.23 Å². The molecule has 0 spiro atoms. The monoisotopic (exact) mass is 313 g/mol. The van der Waals surface area contributed by atoms with E-state index in [0.29, 0.717) is 17.1 Å². The van der Waals surface area contributed by atoms with Gasteiger partial charge in [0.1, 0.15) is 5.56 Å². The molecule has 0 saturated heterocycles. The average Bonchev–Trinajstić information content (AvgIpc) is 2.87. The van der Waals surface area contributed by atoms with Gasteiger partial charge in [-0.1, -0.05) is 12.1 Å². The molecule has 120 valence electrons. The third-order valence-electron chi connectivity index (χ3n) is 4.18. The fourth-order valence-corrected chi connectivity index (χ4v) is 2.76. The highest BCUT2D eigenvalue weighted by Crippen LogP contribution is 2.42. The fourth-order valence-electron chi connectivity index (χ4n) is 2.76. The van der Waals surface area contributed by atoms with Gasteiger partial charge in [-0.25, -0.2) is 4.79 Å². The predicted molar refractivity (Wildman–Crippen MR) is 87.2 cm³/mol. The van der Waals surface area contributed by atoms with E-state index in [2.05, 4.69) is 5.32 Å². The average molecular weight is 313 g/mol. The first-order chi connectivity index (χ1) is 11.1. The number of cyclic esters (lactones) is 1. The quantitative estimate of drug-likeness (QED) is 0.874. The van der Waals surface area contributed by atoms with Gasteiger partial charge in [0.05, 0.1) is 14.2 Å². The van der Waals surface area contributed by atoms with Gasteiger partial charge in [0.25, 0.3) is 0 Å². The Morgan fingerprint density at radius 1 is 1.09 bits per heavy atom. The normalized spacial score (nSPS) is 15.8. The molecule has 0 saturated carbocycles. The number of carbonyl (C=O) groups is 1. The first-order valence-electron chi connectivity index (χ1n) is 7.35. The smallest absolute Gasteiger partial charge is 0.344 e. The highest BCUT2D eigenvalue weighted by Gasteiger charge is 2.36. The first-order valence-corrected chi connectivity index (χ1v) is 7.35. The summed E-state index contributed by atoms with van der Waals surface area (Å²) in [6.07, 6.45) is -0.544. The predicted octanol–water partition coefficient (Wildman–Crippen LogP) is 3.60. The lowest BCUT2D eigenvalue weighted by atomic mass is 10.0. The molecule has 1 N–H and O–H groups in total. The minimum absolute atomic E-state index is 0.403. The van der Waals surface area contributed by atoms with Crippen molar-refractivity contribution in [1.82, 2.24) is 0 Å². The second-order valence-corrected chi connectivity index (χ2v) is 5.44. The molecule has 1 heterocycles. The number of benzene rings is 2. The Kier molecular flexibility index (Phi) is 3.86. The Morgan fingerprint density at radius 3 is 2.57 bits per heavy atom. The van der Waals surface area contributed by atoms with Crippen molar-refractivity contribution in [3.05, 3.63) is 52.6 Å². The van der Waals surface area contributed by atoms with Gasteiger partial charge in [0.15, 0.2) is 11.5 Å². The lowest BCUT2D eigenvalue weighted by Crippen LogP contribution is -2.11. The number of anilines is 1. The Morgan fingerprint density at radius 2 is 1.87 bits per heavy atom. The molecule has 23 heavy (non-hydrogen) atoms. The Hall–Kier alpha value is -2.69. The van der Waals surface area contributed by atoms with Crippen molar-refractivity contribution in [2.45, 2.75) is 20.1 Å². The van der Waals surface area contributed by atoms with E-state index in [1.807, 2.05) is 38.1 Å². The summed E-state index contributed by atoms with van der Waals surface area (Å²) in [5.74, 6) is 0.495. The number of hydrogen-bond donors (Lipinski definition) is 1. The highest BCUT2D eigenvalue weighted by atomic mass is 16.6. The number of nitrogens with one attached hydrogen (secondary N) is 1. The molecule has 1 aliphatic heterocycles. The van der Waals surface area contributed by atoms with Crippen LogP contribution < -0.4 is 14.8 Å². The van der Waals surface area contributed by atoms with Crippen molar-refractivity contribution < 1.29 is 19.0 Å². The van der Waals surface area contributed by atoms with Crippen LogP contribution in [0.2, 0.25) is 0 Å². The summed E-state index contributed by atoms with van der Waals surface area (Å²) in [4.78, 5) is 12.3. The first kappa shape index (κ1) is 15.2. The third-order valence-corrected chi connectivity index (χ3v) is 4.18. The zero-order chi connectivity index (χ0) is 16.6. The molecule has 0 aliphatic carbocycles. The van der Waals surface area contributed by atoms with E-state index in [4.69, 9.17) is 14.2 Å². The third kappa shape index (κ3) is 2.48. The van der Waals surface area contributed by atoms with Gasteiger partial charge < -0.3 is 19.5 Å². The topological polar surface area (TPSA) is 56.8 Å². The van der Waals surface area contributed by atoms with E-state index < -0.39 is 12.2 Å². The number of esters is 1. The summed E-state index contributed by atoms with van der Waals surface area (Å²) in [5, 5.41) is 3.29. The minimum Gasteiger partial charge on any atom is -0.493 e. The van der Waals surface area contributed by atoms with E-state index in [0.717, 1.165) is 16.8 Å². The molecule has 0 amide bonds. The Balaban J connectivity index is 2.01. The van der Waals surface area contributed by atoms with Crippen molar-refractivity contribution in [3.8, 4) is 11.5 Å². The summed E-state index contributed by atoms with van der Waals surface area (Å²) in [6.45, 7) is 4.08. The van der Waals surface area contributed by atoms with Gasteiger partial charge in [-0.3, -0.25) is 0 Å². The van der Waals surface area contributed by atoms with Crippen LogP contribution in [0.15, 0.2) is 30.3 Å². The van der Waals surface area contributed by atoms with Crippen LogP contribution in [-0.4, -0.2) is 20.2 Å². The standard InChI is InChI=1S/C18H19NO4/c1-10-6-5-7-13(11(10)2)19-17-12-8-9-14(21-3)16(22-4)15(12)18(20)23-17/h5-9,17,19H,1-4H3. The van der Waals surface area contributed by atoms with Crippen LogP contribution in [0, 0.1) is 13.8 Å². The van der Waals surface area contributed by atoms with Crippen LogP contribution in [0.25, 0.3) is 0 Å². The molecule has 1 aliphatic rings. The zero-order valence-corrected chi connectivity index (χ0v) is 13.6. The van der Waals surface area contributed by atoms with E-state index in [1.165, 1.54) is 19.8 Å². The highest BCUT2D eigenvalue weighted by molar-refractivity contribution is 5.98. The largest absolute Gasteiger partial charge is 0.493 e. The van der Waals surface area contributed by atoms with Crippen molar-refractivity contribution in [2.24, 2.45) is 0 Å². The number of fused-ring (bicyclic) bond motifs is 1. The zero-order valence-electron chi connectivity index (χ0n) is 13.6. The van der Waals surface area contributed by atoms with E-state index in [9.17, 15) is 4.79 Å². The second-order valence-electron chi connectivity index (χ2n) is 5.44. The molecule has 2 aromatic rings. The maximum Gasteiger partial charge on any atom is 0.344 e. The van der Waals surface area contributed by atoms with E-state index in [1.54, 1.807) is 6.07 Å². The summed E-state index contributed by atoms with van der Waals surface area (Å²) in [6, 6.07) is 9.58. The van der Waals surface area contributed by atoms with Crippen LogP contribution in [0.4, 0.5) is 5.69 Å². The van der Waals surface area contributed by atoms with Gasteiger partial charge in [-0.05, 0) is 43.2 Å². The SMILES string of the molecule is COc1ccc2c(c1OC)C(=O)OC2Nc1cccc(C)c1C. The van der Waals surface area contributed by atoms with E-state index in [-0.39, 0.29) is 0 Å². The Bertz CT molecular complexity index is 770. The number of rotatable bonds is 4. The van der Waals surface area contributed by atoms with Crippen molar-refractivity contribution in [3.63, 3.8) is 0 Å². The van der Waals surface area contributed by atoms with E-state index >= 15 is 0 Å². The lowest BCUT2D eigenvalue weighted by molar-refractivity contribution is 0.0435. The van der Waals surface area contributed by atoms with Gasteiger partial charge in [-0.2, -0.15) is 0 Å². The molecular weight excluding hydrogens is 294 g/mol. The van der Waals surface area contributed by atoms with Crippen LogP contribution in [0.5, 0.6) is 11.5 Å². The van der Waals surface area contributed by atoms with Crippen LogP contribution >= 0.6 is 0 Å². The molecule has 3 rings (SSSR count). The summed E-state index contributed by atoms with van der Waals surface area (Å²) < 4.78 is 16.1. The molecule has 5 nitrogen and oxygen atoms in total. The lowest BCUT2D eigenvalue weighted by Gasteiger charge is -2.17. The molecule has 5 heteroatoms. The summed E-state index contributed by atoms with van der Waals surface area (Å²) >= 11 is 0. The molecule has 1 atom stereocenters. The second kappa shape index (κ2) is 5.83. The molecule has 2 aromatic carbocycles. The maximum atomic E-state index is 12.3. The molecule has 0 bridgehead atoms.